The minimum Gasteiger partial charge on any atom is -0.493 e. The van der Waals surface area contributed by atoms with E-state index < -0.39 is 5.69 Å². The van der Waals surface area contributed by atoms with Crippen LogP contribution in [0.4, 0.5) is 0 Å². The molecule has 1 aliphatic carbocycles. The zero-order valence-corrected chi connectivity index (χ0v) is 18.4. The Bertz CT molecular complexity index is 1500. The second-order valence-corrected chi connectivity index (χ2v) is 9.55. The van der Waals surface area contributed by atoms with Gasteiger partial charge in [0.15, 0.2) is 11.1 Å². The molecule has 0 saturated heterocycles. The maximum Gasteiger partial charge on any atom is 0.326 e. The number of H-pyrrole nitrogens is 2. The number of rotatable bonds is 4. The van der Waals surface area contributed by atoms with Gasteiger partial charge in [0.05, 0.1) is 23.2 Å². The first-order valence-corrected chi connectivity index (χ1v) is 11.7. The lowest BCUT2D eigenvalue weighted by atomic mass is 10.2. The molecule has 0 aromatic carbocycles. The fourth-order valence-corrected chi connectivity index (χ4v) is 5.13. The van der Waals surface area contributed by atoms with Crippen molar-refractivity contribution in [2.45, 2.75) is 30.6 Å². The van der Waals surface area contributed by atoms with Crippen LogP contribution in [0, 0.1) is 0 Å². The predicted octanol–water partition coefficient (Wildman–Crippen LogP) is 0.307. The third-order valence-corrected chi connectivity index (χ3v) is 7.13. The molecule has 3 aliphatic rings. The zero-order valence-electron chi connectivity index (χ0n) is 17.6. The first-order chi connectivity index (χ1) is 16.0. The summed E-state index contributed by atoms with van der Waals surface area (Å²) in [4.78, 5) is 41.6. The number of allylic oxidation sites excluding steroid dienone is 1. The largest absolute Gasteiger partial charge is 0.493 e. The molecule has 1 fully saturated rings. The SMILES string of the molecule is O=C(C1CC=C(c2cc(=NC3CC3)n3ncc(=Cc4[nH]c(=O)[nH]c4O)c3n2)S1)N1CC=CC1. The van der Waals surface area contributed by atoms with Gasteiger partial charge in [-0.25, -0.2) is 9.78 Å². The lowest BCUT2D eigenvalue weighted by molar-refractivity contribution is -0.129. The number of hydrogen-bond donors (Lipinski definition) is 3. The van der Waals surface area contributed by atoms with Crippen LogP contribution in [0.1, 0.15) is 30.7 Å². The standard InChI is InChI=1S/C22H21N7O3S/c30-20-15(26-22(32)27-20)9-12-11-23-29-18(24-13-3-4-13)10-14(25-19(12)29)16-5-6-17(33-16)21(31)28-7-1-2-8-28/h1-2,5,9-11,13,17,30H,3-4,6-8H2,(H2,26,27,32). The van der Waals surface area contributed by atoms with Gasteiger partial charge in [0.1, 0.15) is 5.69 Å². The van der Waals surface area contributed by atoms with Crippen LogP contribution in [0.2, 0.25) is 0 Å². The molecule has 33 heavy (non-hydrogen) atoms. The van der Waals surface area contributed by atoms with Gasteiger partial charge in [-0.3, -0.25) is 14.8 Å². The Balaban J connectivity index is 1.40. The Morgan fingerprint density at radius 3 is 2.82 bits per heavy atom. The van der Waals surface area contributed by atoms with Gasteiger partial charge < -0.3 is 15.0 Å². The number of hydrogen-bond acceptors (Lipinski definition) is 7. The molecule has 6 rings (SSSR count). The average Bonchev–Trinajstić information content (AvgIpc) is 3.25. The lowest BCUT2D eigenvalue weighted by Gasteiger charge is -2.19. The van der Waals surface area contributed by atoms with Gasteiger partial charge in [-0.2, -0.15) is 9.61 Å². The molecule has 1 saturated carbocycles. The lowest BCUT2D eigenvalue weighted by Crippen LogP contribution is -2.34. The maximum absolute atomic E-state index is 12.8. The van der Waals surface area contributed by atoms with Crippen molar-refractivity contribution in [3.63, 3.8) is 0 Å². The Morgan fingerprint density at radius 2 is 2.09 bits per heavy atom. The van der Waals surface area contributed by atoms with E-state index in [2.05, 4.69) is 21.1 Å². The number of nitrogens with zero attached hydrogens (tertiary/aromatic N) is 5. The Kier molecular flexibility index (Phi) is 4.72. The van der Waals surface area contributed by atoms with Gasteiger partial charge in [0.2, 0.25) is 11.8 Å². The molecule has 1 unspecified atom stereocenters. The van der Waals surface area contributed by atoms with Crippen LogP contribution >= 0.6 is 11.8 Å². The molecule has 1 atom stereocenters. The number of fused-ring (bicyclic) bond motifs is 1. The molecule has 3 aromatic rings. The minimum absolute atomic E-state index is 0.144. The van der Waals surface area contributed by atoms with Crippen LogP contribution < -0.4 is 16.4 Å². The van der Waals surface area contributed by atoms with Gasteiger partial charge >= 0.3 is 5.69 Å². The Labute approximate surface area is 191 Å². The summed E-state index contributed by atoms with van der Waals surface area (Å²) in [5.41, 5.74) is 1.76. The molecule has 168 valence electrons. The normalized spacial score (nSPS) is 21.5. The summed E-state index contributed by atoms with van der Waals surface area (Å²) in [5.74, 6) is -0.101. The van der Waals surface area contributed by atoms with Crippen LogP contribution in [0.3, 0.4) is 0 Å². The summed E-state index contributed by atoms with van der Waals surface area (Å²) in [6.45, 7) is 1.34. The van der Waals surface area contributed by atoms with Gasteiger partial charge in [-0.05, 0) is 25.3 Å². The summed E-state index contributed by atoms with van der Waals surface area (Å²) in [6.07, 6.45) is 12.1. The highest BCUT2D eigenvalue weighted by Gasteiger charge is 2.30. The van der Waals surface area contributed by atoms with E-state index >= 15 is 0 Å². The molecule has 10 nitrogen and oxygen atoms in total. The number of aromatic nitrogens is 5. The highest BCUT2D eigenvalue weighted by atomic mass is 32.2. The molecular formula is C22H21N7O3S. The van der Waals surface area contributed by atoms with Gasteiger partial charge in [0, 0.05) is 29.3 Å². The first kappa shape index (κ1) is 20.0. The van der Waals surface area contributed by atoms with Gasteiger partial charge in [-0.15, -0.1) is 11.8 Å². The molecule has 0 radical (unpaired) electrons. The van der Waals surface area contributed by atoms with E-state index in [4.69, 9.17) is 9.98 Å². The number of imidazole rings is 1. The maximum atomic E-state index is 12.8. The summed E-state index contributed by atoms with van der Waals surface area (Å²) in [6, 6.07) is 2.20. The van der Waals surface area contributed by atoms with Crippen LogP contribution in [0.25, 0.3) is 16.6 Å². The van der Waals surface area contributed by atoms with Crippen molar-refractivity contribution < 1.29 is 9.90 Å². The Hall–Kier alpha value is -3.60. The molecule has 3 aromatic heterocycles. The molecule has 1 amide bonds. The highest BCUT2D eigenvalue weighted by molar-refractivity contribution is 8.09. The van der Waals surface area contributed by atoms with E-state index in [0.29, 0.717) is 35.9 Å². The van der Waals surface area contributed by atoms with E-state index in [0.717, 1.165) is 23.4 Å². The Morgan fingerprint density at radius 1 is 1.27 bits per heavy atom. The van der Waals surface area contributed by atoms with Crippen molar-refractivity contribution in [2.24, 2.45) is 4.99 Å². The van der Waals surface area contributed by atoms with E-state index in [1.54, 1.807) is 16.8 Å². The summed E-state index contributed by atoms with van der Waals surface area (Å²) in [7, 11) is 0. The van der Waals surface area contributed by atoms with E-state index in [1.807, 2.05) is 23.1 Å². The molecule has 2 aliphatic heterocycles. The van der Waals surface area contributed by atoms with Crippen LogP contribution in [-0.4, -0.2) is 64.9 Å². The number of carbonyl (C=O) groups is 1. The molecule has 5 heterocycles. The second-order valence-electron chi connectivity index (χ2n) is 8.31. The van der Waals surface area contributed by atoms with Crippen LogP contribution in [0.15, 0.2) is 40.3 Å². The first-order valence-electron chi connectivity index (χ1n) is 10.8. The molecule has 0 bridgehead atoms. The summed E-state index contributed by atoms with van der Waals surface area (Å²) in [5, 5.41) is 14.9. The smallest absolute Gasteiger partial charge is 0.326 e. The number of aromatic hydroxyl groups is 1. The summed E-state index contributed by atoms with van der Waals surface area (Å²) < 4.78 is 1.67. The number of thioether (sulfide) groups is 1. The monoisotopic (exact) mass is 463 g/mol. The minimum atomic E-state index is -0.496. The van der Waals surface area contributed by atoms with E-state index in [9.17, 15) is 14.7 Å². The summed E-state index contributed by atoms with van der Waals surface area (Å²) >= 11 is 1.53. The fourth-order valence-electron chi connectivity index (χ4n) is 3.96. The topological polar surface area (TPSA) is 132 Å². The highest BCUT2D eigenvalue weighted by Crippen LogP contribution is 2.39. The predicted molar refractivity (Wildman–Crippen MR) is 123 cm³/mol. The van der Waals surface area contributed by atoms with E-state index in [-0.39, 0.29) is 28.8 Å². The molecule has 0 spiro atoms. The van der Waals surface area contributed by atoms with Gasteiger partial charge in [-0.1, -0.05) is 18.2 Å². The average molecular weight is 464 g/mol. The van der Waals surface area contributed by atoms with Crippen molar-refractivity contribution in [3.05, 3.63) is 63.1 Å². The number of nitrogens with one attached hydrogen (secondary N) is 2. The third kappa shape index (κ3) is 3.78. The quantitative estimate of drug-likeness (QED) is 0.477. The zero-order chi connectivity index (χ0) is 22.5. The number of aromatic amines is 2. The number of amides is 1. The number of carbonyl (C=O) groups excluding carboxylic acids is 1. The van der Waals surface area contributed by atoms with Crippen LogP contribution in [0.5, 0.6) is 5.88 Å². The van der Waals surface area contributed by atoms with Crippen molar-refractivity contribution in [2.75, 3.05) is 13.1 Å². The van der Waals surface area contributed by atoms with Crippen molar-refractivity contribution >= 4 is 34.3 Å². The molecular weight excluding hydrogens is 442 g/mol. The van der Waals surface area contributed by atoms with Crippen LogP contribution in [-0.2, 0) is 4.79 Å². The second kappa shape index (κ2) is 7.77. The van der Waals surface area contributed by atoms with Crippen molar-refractivity contribution in [1.29, 1.82) is 0 Å². The molecule has 3 N–H and O–H groups in total. The molecule has 11 heteroatoms. The van der Waals surface area contributed by atoms with E-state index in [1.165, 1.54) is 11.8 Å². The third-order valence-electron chi connectivity index (χ3n) is 5.82. The van der Waals surface area contributed by atoms with Crippen molar-refractivity contribution in [3.8, 4) is 5.88 Å². The van der Waals surface area contributed by atoms with Gasteiger partial charge in [0.25, 0.3) is 0 Å². The fraction of sp³-hybridized carbons (Fsp3) is 0.318. The van der Waals surface area contributed by atoms with Crippen molar-refractivity contribution in [1.82, 2.24) is 29.5 Å².